The molecule has 2 aromatic heterocycles. The summed E-state index contributed by atoms with van der Waals surface area (Å²) in [7, 11) is 5.93. The Morgan fingerprint density at radius 2 is 1.63 bits per heavy atom. The maximum absolute atomic E-state index is 11.2. The van der Waals surface area contributed by atoms with E-state index in [1.54, 1.807) is 19.1 Å². The summed E-state index contributed by atoms with van der Waals surface area (Å²) in [5.41, 5.74) is 13.9. The predicted octanol–water partition coefficient (Wildman–Crippen LogP) is 3.05. The van der Waals surface area contributed by atoms with E-state index in [1.807, 2.05) is 6.92 Å². The van der Waals surface area contributed by atoms with E-state index < -0.39 is 19.1 Å². The molecule has 13 heteroatoms. The Morgan fingerprint density at radius 1 is 1.20 bits per heavy atom. The SMILES string of the molecule is COC(=O)c1nc(Br)cc(C)c1N.COC(=O)c1nccc(C)c1N.[2H]CF.[B]=NS. The van der Waals surface area contributed by atoms with Crippen LogP contribution in [0.2, 0.25) is 0 Å². The predicted molar refractivity (Wildman–Crippen MR) is 121 cm³/mol. The number of nitrogens with zero attached hydrogens (tertiary/aromatic N) is 3. The van der Waals surface area contributed by atoms with Gasteiger partial charge in [-0.3, -0.25) is 4.39 Å². The molecule has 2 heterocycles. The zero-order valence-electron chi connectivity index (χ0n) is 17.8. The molecule has 30 heavy (non-hydrogen) atoms. The Morgan fingerprint density at radius 3 is 2.10 bits per heavy atom. The summed E-state index contributed by atoms with van der Waals surface area (Å²) in [5, 5.41) is 0. The molecule has 1 radical (unpaired) electrons. The van der Waals surface area contributed by atoms with Gasteiger partial charge in [-0.25, -0.2) is 19.6 Å². The maximum atomic E-state index is 11.2. The van der Waals surface area contributed by atoms with E-state index in [9.17, 15) is 14.0 Å². The molecule has 9 nitrogen and oxygen atoms in total. The summed E-state index contributed by atoms with van der Waals surface area (Å²) in [6, 6.07) is 3.48. The zero-order valence-corrected chi connectivity index (χ0v) is 19.3. The number of aromatic nitrogens is 2. The van der Waals surface area contributed by atoms with Crippen LogP contribution in [0.1, 0.15) is 33.5 Å². The summed E-state index contributed by atoms with van der Waals surface area (Å²) in [4.78, 5) is 29.9. The second-order valence-corrected chi connectivity index (χ2v) is 6.06. The number of thiol groups is 1. The van der Waals surface area contributed by atoms with Crippen molar-refractivity contribution < 1.29 is 24.8 Å². The Labute approximate surface area is 191 Å². The molecule has 163 valence electrons. The van der Waals surface area contributed by atoms with Gasteiger partial charge in [0.25, 0.3) is 0 Å². The normalized spacial score (nSPS) is 9.07. The van der Waals surface area contributed by atoms with Crippen molar-refractivity contribution in [3.63, 3.8) is 0 Å². The molecule has 0 atom stereocenters. The Bertz CT molecular complexity index is 883. The minimum absolute atomic E-state index is 0.148. The van der Waals surface area contributed by atoms with Crippen LogP contribution in [-0.4, -0.2) is 50.9 Å². The average Bonchev–Trinajstić information content (AvgIpc) is 2.73. The van der Waals surface area contributed by atoms with Crippen LogP contribution in [0.5, 0.6) is 0 Å². The van der Waals surface area contributed by atoms with E-state index in [-0.39, 0.29) is 11.4 Å². The summed E-state index contributed by atoms with van der Waals surface area (Å²) in [6.45, 7) is 3.61. The molecule has 0 aliphatic rings. The van der Waals surface area contributed by atoms with Crippen LogP contribution in [0, 0.1) is 13.8 Å². The fourth-order valence-corrected chi connectivity index (χ4v) is 2.24. The number of alkyl halides is 1. The van der Waals surface area contributed by atoms with Crippen molar-refractivity contribution in [2.75, 3.05) is 32.8 Å². The number of nitrogen functional groups attached to an aromatic ring is 2. The van der Waals surface area contributed by atoms with Gasteiger partial charge in [0.2, 0.25) is 0 Å². The van der Waals surface area contributed by atoms with Gasteiger partial charge in [-0.2, -0.15) is 0 Å². The second-order valence-electron chi connectivity index (χ2n) is 5.01. The Kier molecular flexibility index (Phi) is 14.9. The van der Waals surface area contributed by atoms with Crippen LogP contribution in [0.15, 0.2) is 27.2 Å². The molecule has 2 aromatic rings. The number of anilines is 2. The van der Waals surface area contributed by atoms with Gasteiger partial charge in [-0.15, -0.1) is 0 Å². The molecule has 0 aliphatic carbocycles. The Hall–Kier alpha value is -2.54. The van der Waals surface area contributed by atoms with Crippen molar-refractivity contribution in [1.82, 2.24) is 9.97 Å². The first-order valence-electron chi connectivity index (χ1n) is 8.46. The molecule has 0 aliphatic heterocycles. The molecule has 4 N–H and O–H groups in total. The van der Waals surface area contributed by atoms with Crippen LogP contribution >= 0.6 is 28.7 Å². The van der Waals surface area contributed by atoms with Crippen molar-refractivity contribution in [2.45, 2.75) is 13.8 Å². The first-order chi connectivity index (χ1) is 14.6. The first kappa shape index (κ1) is 27.5. The Balaban J connectivity index is 0. The molecule has 0 spiro atoms. The van der Waals surface area contributed by atoms with Crippen LogP contribution in [0.3, 0.4) is 0 Å². The average molecular weight is 504 g/mol. The van der Waals surface area contributed by atoms with Crippen molar-refractivity contribution >= 4 is 59.7 Å². The fraction of sp³-hybridized carbons (Fsp3) is 0.294. The minimum atomic E-state index is -1.00. The summed E-state index contributed by atoms with van der Waals surface area (Å²) in [5.74, 6) is -1.03. The van der Waals surface area contributed by atoms with Crippen LogP contribution < -0.4 is 11.5 Å². The van der Waals surface area contributed by atoms with Gasteiger partial charge in [0, 0.05) is 6.20 Å². The van der Waals surface area contributed by atoms with Crippen LogP contribution in [0.4, 0.5) is 15.8 Å². The molecule has 0 saturated carbocycles. The third kappa shape index (κ3) is 9.79. The topological polar surface area (TPSA) is 143 Å². The van der Waals surface area contributed by atoms with E-state index in [0.717, 1.165) is 11.1 Å². The molecular formula is C17H23BBrFN5O4S. The number of ether oxygens (including phenoxy) is 2. The third-order valence-corrected chi connectivity index (χ3v) is 3.61. The first-order valence-corrected chi connectivity index (χ1v) is 8.95. The van der Waals surface area contributed by atoms with E-state index in [0.29, 0.717) is 16.0 Å². The van der Waals surface area contributed by atoms with Crippen LogP contribution in [0.25, 0.3) is 0 Å². The number of carbonyl (C=O) groups is 2. The van der Waals surface area contributed by atoms with Gasteiger partial charge in [-0.1, -0.05) is 0 Å². The number of methoxy groups -OCH3 is 2. The van der Waals surface area contributed by atoms with Gasteiger partial charge in [0.1, 0.15) is 4.60 Å². The monoisotopic (exact) mass is 503 g/mol. The number of pyridine rings is 2. The van der Waals surface area contributed by atoms with Gasteiger partial charge in [0.15, 0.2) is 11.4 Å². The fourth-order valence-electron chi connectivity index (χ4n) is 1.72. The standard InChI is InChI=1S/C8H9BrN2O2.C8H10N2O2.CH3F.BHNS/c1-4-3-5(9)11-7(6(4)10)8(12)13-2;1-5-3-4-10-7(6(5)9)8(11)12-2;1-2;1-2-3/h3H,10H2,1-2H3;3-4H,9H2,1-2H3;1H3;3H/i;;1D;. The van der Waals surface area contributed by atoms with Crippen LogP contribution in [-0.2, 0) is 9.47 Å². The molecule has 0 unspecified atom stereocenters. The van der Waals surface area contributed by atoms with E-state index in [1.165, 1.54) is 20.4 Å². The van der Waals surface area contributed by atoms with Gasteiger partial charge in [-0.05, 0) is 53.0 Å². The molecule has 0 amide bonds. The van der Waals surface area contributed by atoms with Crippen molar-refractivity contribution in [3.05, 3.63) is 45.4 Å². The van der Waals surface area contributed by atoms with E-state index in [2.05, 4.69) is 60.1 Å². The molecule has 0 bridgehead atoms. The van der Waals surface area contributed by atoms with Crippen molar-refractivity contribution in [3.8, 4) is 0 Å². The zero-order chi connectivity index (χ0) is 24.6. The number of rotatable bonds is 2. The summed E-state index contributed by atoms with van der Waals surface area (Å²) >= 11 is 6.36. The third-order valence-electron chi connectivity index (χ3n) is 3.20. The van der Waals surface area contributed by atoms with Gasteiger partial charge in [0.05, 0.1) is 34.1 Å². The number of nitrogens with two attached hydrogens (primary N) is 2. The molecule has 0 saturated heterocycles. The molecule has 0 fully saturated rings. The quantitative estimate of drug-likeness (QED) is 0.245. The second kappa shape index (κ2) is 16.3. The molecule has 0 aromatic carbocycles. The van der Waals surface area contributed by atoms with E-state index >= 15 is 0 Å². The van der Waals surface area contributed by atoms with Crippen molar-refractivity contribution in [1.29, 1.82) is 0 Å². The number of carbonyl (C=O) groups excluding carboxylic acids is 2. The number of halogens is 2. The summed E-state index contributed by atoms with van der Waals surface area (Å²) < 4.78 is 27.8. The molecular weight excluding hydrogens is 480 g/mol. The number of hydrogen-bond acceptors (Lipinski definition) is 10. The molecule has 2 rings (SSSR count). The van der Waals surface area contributed by atoms with Crippen molar-refractivity contribution in [2.24, 2.45) is 4.30 Å². The van der Waals surface area contributed by atoms with Gasteiger partial charge < -0.3 is 20.9 Å². The number of aryl methyl sites for hydroxylation is 2. The number of hydrogen-bond donors (Lipinski definition) is 3. The number of esters is 2. The van der Waals surface area contributed by atoms with E-state index in [4.69, 9.17) is 12.8 Å². The van der Waals surface area contributed by atoms with Gasteiger partial charge >= 0.3 is 36.7 Å². The summed E-state index contributed by atoms with van der Waals surface area (Å²) in [6.07, 6.45) is 1.53.